The molecule has 1 fully saturated rings. The number of rotatable bonds is 7. The Labute approximate surface area is 170 Å². The van der Waals surface area contributed by atoms with Gasteiger partial charge < -0.3 is 10.1 Å². The maximum Gasteiger partial charge on any atom is 0.252 e. The van der Waals surface area contributed by atoms with Gasteiger partial charge in [-0.1, -0.05) is 23.8 Å². The second-order valence-electron chi connectivity index (χ2n) is 6.94. The topological polar surface area (TPSA) is 75.7 Å². The molecule has 0 unspecified atom stereocenters. The Balaban J connectivity index is 1.51. The molecule has 0 atom stereocenters. The zero-order valence-electron chi connectivity index (χ0n) is 16.2. The largest absolute Gasteiger partial charge is 0.379 e. The number of nitrogens with one attached hydrogen (secondary N) is 1. The summed E-state index contributed by atoms with van der Waals surface area (Å²) in [6.45, 7) is 6.06. The van der Waals surface area contributed by atoms with Crippen molar-refractivity contribution >= 4 is 27.3 Å². The van der Waals surface area contributed by atoms with E-state index in [1.807, 2.05) is 0 Å². The zero-order valence-corrected chi connectivity index (χ0v) is 17.9. The van der Waals surface area contributed by atoms with Gasteiger partial charge in [-0.2, -0.15) is 4.31 Å². The first-order chi connectivity index (χ1) is 13.4. The number of morpholine rings is 1. The Morgan fingerprint density at radius 3 is 2.64 bits per heavy atom. The van der Waals surface area contributed by atoms with E-state index >= 15 is 0 Å². The number of hydrogen-bond donors (Lipinski definition) is 1. The summed E-state index contributed by atoms with van der Waals surface area (Å²) < 4.78 is 32.3. The first kappa shape index (κ1) is 21.0. The minimum Gasteiger partial charge on any atom is -0.379 e. The first-order valence-corrected chi connectivity index (χ1v) is 11.6. The molecule has 1 amide bonds. The summed E-state index contributed by atoms with van der Waals surface area (Å²) in [5.41, 5.74) is 3.59. The predicted molar refractivity (Wildman–Crippen MR) is 110 cm³/mol. The molecule has 0 spiro atoms. The molecular weight excluding hydrogens is 396 g/mol. The Hall–Kier alpha value is -1.74. The van der Waals surface area contributed by atoms with Crippen LogP contribution in [0.4, 0.5) is 0 Å². The van der Waals surface area contributed by atoms with E-state index in [0.29, 0.717) is 49.9 Å². The fourth-order valence-electron chi connectivity index (χ4n) is 3.15. The molecule has 2 heterocycles. The molecule has 1 aliphatic heterocycles. The summed E-state index contributed by atoms with van der Waals surface area (Å²) in [6, 6.07) is 9.63. The molecule has 1 aliphatic rings. The van der Waals surface area contributed by atoms with Gasteiger partial charge in [0.15, 0.2) is 0 Å². The minimum absolute atomic E-state index is 0.0361. The smallest absolute Gasteiger partial charge is 0.252 e. The summed E-state index contributed by atoms with van der Waals surface area (Å²) in [5.74, 6) is -0.0361. The maximum atomic E-state index is 12.6. The lowest BCUT2D eigenvalue weighted by Crippen LogP contribution is -2.40. The van der Waals surface area contributed by atoms with Crippen molar-refractivity contribution in [1.82, 2.24) is 9.62 Å². The molecule has 3 rings (SSSR count). The van der Waals surface area contributed by atoms with E-state index in [1.165, 1.54) is 32.3 Å². The van der Waals surface area contributed by atoms with Gasteiger partial charge in [-0.25, -0.2) is 8.42 Å². The summed E-state index contributed by atoms with van der Waals surface area (Å²) in [4.78, 5) is 13.0. The number of carbonyl (C=O) groups is 1. The van der Waals surface area contributed by atoms with Crippen molar-refractivity contribution in [1.29, 1.82) is 0 Å². The second-order valence-corrected chi connectivity index (χ2v) is 10.3. The molecule has 0 bridgehead atoms. The summed E-state index contributed by atoms with van der Waals surface area (Å²) in [7, 11) is -3.48. The number of sulfonamides is 1. The quantitative estimate of drug-likeness (QED) is 0.744. The molecule has 0 saturated carbocycles. The third-order valence-corrected chi connectivity index (χ3v) is 8.23. The Morgan fingerprint density at radius 1 is 1.18 bits per heavy atom. The van der Waals surface area contributed by atoms with Crippen LogP contribution in [-0.2, 0) is 32.5 Å². The maximum absolute atomic E-state index is 12.6. The van der Waals surface area contributed by atoms with Crippen LogP contribution >= 0.6 is 11.3 Å². The van der Waals surface area contributed by atoms with Gasteiger partial charge >= 0.3 is 0 Å². The third-order valence-electron chi connectivity index (χ3n) is 4.78. The minimum atomic E-state index is -3.48. The number of benzene rings is 1. The van der Waals surface area contributed by atoms with Gasteiger partial charge in [-0.15, -0.1) is 11.3 Å². The number of thiophene rings is 1. The highest BCUT2D eigenvalue weighted by Gasteiger charge is 2.27. The van der Waals surface area contributed by atoms with Crippen molar-refractivity contribution in [3.8, 4) is 0 Å². The molecular formula is C20H26N2O4S2. The van der Waals surface area contributed by atoms with Crippen LogP contribution in [-0.4, -0.2) is 44.9 Å². The Morgan fingerprint density at radius 2 is 1.93 bits per heavy atom. The van der Waals surface area contributed by atoms with Crippen molar-refractivity contribution in [3.63, 3.8) is 0 Å². The van der Waals surface area contributed by atoms with E-state index in [0.717, 1.165) is 4.88 Å². The fourth-order valence-corrected chi connectivity index (χ4v) is 6.01. The van der Waals surface area contributed by atoms with E-state index in [4.69, 9.17) is 4.74 Å². The lowest BCUT2D eigenvalue weighted by Gasteiger charge is -2.25. The summed E-state index contributed by atoms with van der Waals surface area (Å²) in [5, 5.41) is 2.89. The number of nitrogens with zero attached hydrogens (tertiary/aromatic N) is 1. The van der Waals surface area contributed by atoms with E-state index < -0.39 is 10.0 Å². The SMILES string of the molecule is Cc1ccc(CCC(=O)NCc2ccc(S(=O)(=O)N3CCOCC3)s2)c(C)c1. The van der Waals surface area contributed by atoms with Gasteiger partial charge in [0.25, 0.3) is 10.0 Å². The van der Waals surface area contributed by atoms with Crippen LogP contribution in [0, 0.1) is 13.8 Å². The van der Waals surface area contributed by atoms with Crippen molar-refractivity contribution < 1.29 is 17.9 Å². The Kier molecular flexibility index (Phi) is 6.87. The second kappa shape index (κ2) is 9.17. The van der Waals surface area contributed by atoms with E-state index in [2.05, 4.69) is 37.4 Å². The van der Waals surface area contributed by atoms with E-state index in [-0.39, 0.29) is 5.91 Å². The molecule has 1 aromatic heterocycles. The molecule has 28 heavy (non-hydrogen) atoms. The van der Waals surface area contributed by atoms with Crippen molar-refractivity contribution in [2.75, 3.05) is 26.3 Å². The van der Waals surface area contributed by atoms with Crippen LogP contribution < -0.4 is 5.32 Å². The molecule has 0 radical (unpaired) electrons. The standard InChI is InChI=1S/C20H26N2O4S2/c1-15-3-4-17(16(2)13-15)5-7-19(23)21-14-18-6-8-20(27-18)28(24,25)22-9-11-26-12-10-22/h3-4,6,8,13H,5,7,9-12,14H2,1-2H3,(H,21,23). The average Bonchev–Trinajstić information content (AvgIpc) is 3.16. The molecule has 152 valence electrons. The fraction of sp³-hybridized carbons (Fsp3) is 0.450. The molecule has 1 aromatic carbocycles. The third kappa shape index (κ3) is 5.20. The number of amides is 1. The van der Waals surface area contributed by atoms with Crippen molar-refractivity contribution in [3.05, 3.63) is 51.9 Å². The molecule has 1 N–H and O–H groups in total. The highest BCUT2D eigenvalue weighted by molar-refractivity contribution is 7.91. The van der Waals surface area contributed by atoms with Crippen molar-refractivity contribution in [2.24, 2.45) is 0 Å². The van der Waals surface area contributed by atoms with Gasteiger partial charge in [0.05, 0.1) is 19.8 Å². The van der Waals surface area contributed by atoms with Gasteiger partial charge in [0.2, 0.25) is 5.91 Å². The molecule has 1 saturated heterocycles. The molecule has 8 heteroatoms. The summed E-state index contributed by atoms with van der Waals surface area (Å²) in [6.07, 6.45) is 1.10. The van der Waals surface area contributed by atoms with Gasteiger partial charge in [0, 0.05) is 24.4 Å². The van der Waals surface area contributed by atoms with Crippen LogP contribution in [0.5, 0.6) is 0 Å². The number of ether oxygens (including phenoxy) is 1. The van der Waals surface area contributed by atoms with Crippen LogP contribution in [0.1, 0.15) is 28.0 Å². The van der Waals surface area contributed by atoms with Crippen LogP contribution in [0.2, 0.25) is 0 Å². The normalized spacial score (nSPS) is 15.5. The number of carbonyl (C=O) groups excluding carboxylic acids is 1. The van der Waals surface area contributed by atoms with E-state index in [9.17, 15) is 13.2 Å². The lowest BCUT2D eigenvalue weighted by atomic mass is 10.0. The predicted octanol–water partition coefficient (Wildman–Crippen LogP) is 2.63. The van der Waals surface area contributed by atoms with Crippen LogP contribution in [0.3, 0.4) is 0 Å². The zero-order chi connectivity index (χ0) is 20.1. The highest BCUT2D eigenvalue weighted by atomic mass is 32.2. The molecule has 6 nitrogen and oxygen atoms in total. The average molecular weight is 423 g/mol. The van der Waals surface area contributed by atoms with Crippen molar-refractivity contribution in [2.45, 2.75) is 37.4 Å². The van der Waals surface area contributed by atoms with Crippen LogP contribution in [0.25, 0.3) is 0 Å². The van der Waals surface area contributed by atoms with Gasteiger partial charge in [0.1, 0.15) is 4.21 Å². The molecule has 2 aromatic rings. The summed E-state index contributed by atoms with van der Waals surface area (Å²) >= 11 is 1.21. The lowest BCUT2D eigenvalue weighted by molar-refractivity contribution is -0.121. The monoisotopic (exact) mass is 422 g/mol. The van der Waals surface area contributed by atoms with Crippen LogP contribution in [0.15, 0.2) is 34.5 Å². The Bertz CT molecular complexity index is 931. The highest BCUT2D eigenvalue weighted by Crippen LogP contribution is 2.25. The van der Waals surface area contributed by atoms with Gasteiger partial charge in [-0.05, 0) is 43.5 Å². The van der Waals surface area contributed by atoms with Gasteiger partial charge in [-0.3, -0.25) is 4.79 Å². The van der Waals surface area contributed by atoms with E-state index in [1.54, 1.807) is 12.1 Å². The number of aryl methyl sites for hydroxylation is 3. The first-order valence-electron chi connectivity index (χ1n) is 9.36. The molecule has 0 aliphatic carbocycles. The number of hydrogen-bond acceptors (Lipinski definition) is 5.